The second-order valence-electron chi connectivity index (χ2n) is 8.72. The van der Waals surface area contributed by atoms with Crippen molar-refractivity contribution < 1.29 is 24.5 Å². The van der Waals surface area contributed by atoms with Crippen molar-refractivity contribution in [3.63, 3.8) is 0 Å². The molecule has 2 N–H and O–H groups in total. The van der Waals surface area contributed by atoms with E-state index in [2.05, 4.69) is 6.58 Å². The molecular formula is C19H22O5. The minimum absolute atomic E-state index is 0.00104. The van der Waals surface area contributed by atoms with Crippen molar-refractivity contribution in [3.8, 4) is 0 Å². The Hall–Kier alpha value is -1.62. The lowest BCUT2D eigenvalue weighted by atomic mass is 9.61. The first kappa shape index (κ1) is 14.7. The summed E-state index contributed by atoms with van der Waals surface area (Å²) >= 11 is 0. The van der Waals surface area contributed by atoms with Gasteiger partial charge in [0.15, 0.2) is 0 Å². The first-order chi connectivity index (χ1) is 11.3. The molecular weight excluding hydrogens is 308 g/mol. The second-order valence-corrected chi connectivity index (χ2v) is 8.72. The number of ether oxygens (including phenoxy) is 1. The number of carboxylic acid groups (broad SMARTS) is 1. The number of carbonyl (C=O) groups is 2. The van der Waals surface area contributed by atoms with Gasteiger partial charge in [-0.25, -0.2) is 0 Å². The molecule has 0 radical (unpaired) electrons. The number of fused-ring (bicyclic) bond motifs is 1. The minimum atomic E-state index is -1.18. The number of allylic oxidation sites excluding steroid dienone is 1. The van der Waals surface area contributed by atoms with Crippen LogP contribution in [0.1, 0.15) is 32.6 Å². The summed E-state index contributed by atoms with van der Waals surface area (Å²) < 4.78 is 5.92. The van der Waals surface area contributed by atoms with Crippen LogP contribution >= 0.6 is 0 Å². The Balaban J connectivity index is 1.78. The zero-order valence-corrected chi connectivity index (χ0v) is 13.7. The number of carboxylic acids is 1. The van der Waals surface area contributed by atoms with Gasteiger partial charge in [0.2, 0.25) is 0 Å². The summed E-state index contributed by atoms with van der Waals surface area (Å²) in [6.45, 7) is 5.88. The molecule has 1 spiro atoms. The molecule has 4 bridgehead atoms. The highest BCUT2D eigenvalue weighted by molar-refractivity contribution is 5.86. The Morgan fingerprint density at radius 3 is 2.88 bits per heavy atom. The number of carbonyl (C=O) groups excluding carboxylic acids is 1. The van der Waals surface area contributed by atoms with Crippen molar-refractivity contribution in [1.29, 1.82) is 0 Å². The predicted octanol–water partition coefficient (Wildman–Crippen LogP) is 1.91. The fourth-order valence-electron chi connectivity index (χ4n) is 7.14. The standard InChI is InChI=1S/C19H22O5/c1-9-7-18-8-10(9)3-4-11(18)19-6-5-12(20)17(2,16(23)24-19)14(19)13(18)15(21)22/h5-6,10-14,20H,1,3-4,7-8H2,2H3,(H,21,22)/t10-,11?,12+,13?,14?,17+,18+,19-/m0/s1. The van der Waals surface area contributed by atoms with Crippen LogP contribution in [-0.4, -0.2) is 33.9 Å². The molecule has 3 saturated carbocycles. The van der Waals surface area contributed by atoms with Crippen LogP contribution in [0.15, 0.2) is 24.3 Å². The first-order valence-corrected chi connectivity index (χ1v) is 8.79. The van der Waals surface area contributed by atoms with Gasteiger partial charge in [-0.2, -0.15) is 0 Å². The van der Waals surface area contributed by atoms with Gasteiger partial charge in [-0.3, -0.25) is 9.59 Å². The van der Waals surface area contributed by atoms with Crippen LogP contribution in [0.2, 0.25) is 0 Å². The molecule has 5 nitrogen and oxygen atoms in total. The molecule has 4 aliphatic carbocycles. The van der Waals surface area contributed by atoms with Gasteiger partial charge in [0.1, 0.15) is 11.0 Å². The molecule has 1 saturated heterocycles. The van der Waals surface area contributed by atoms with E-state index < -0.39 is 46.3 Å². The van der Waals surface area contributed by atoms with Crippen molar-refractivity contribution in [2.24, 2.45) is 34.5 Å². The summed E-state index contributed by atoms with van der Waals surface area (Å²) in [5.74, 6) is -2.12. The van der Waals surface area contributed by atoms with Crippen molar-refractivity contribution in [3.05, 3.63) is 24.3 Å². The fraction of sp³-hybridized carbons (Fsp3) is 0.684. The molecule has 128 valence electrons. The molecule has 0 aromatic heterocycles. The van der Waals surface area contributed by atoms with Crippen LogP contribution < -0.4 is 0 Å². The van der Waals surface area contributed by atoms with Crippen LogP contribution in [0, 0.1) is 34.5 Å². The number of hydrogen-bond acceptors (Lipinski definition) is 4. The Morgan fingerprint density at radius 2 is 2.17 bits per heavy atom. The van der Waals surface area contributed by atoms with Gasteiger partial charge >= 0.3 is 11.9 Å². The number of hydrogen-bond donors (Lipinski definition) is 2. The molecule has 0 aromatic rings. The molecule has 8 atom stereocenters. The van der Waals surface area contributed by atoms with E-state index in [0.717, 1.165) is 24.8 Å². The summed E-state index contributed by atoms with van der Waals surface area (Å²) in [5.41, 5.74) is -1.30. The third-order valence-electron chi connectivity index (χ3n) is 8.02. The average molecular weight is 330 g/mol. The summed E-state index contributed by atoms with van der Waals surface area (Å²) in [7, 11) is 0. The first-order valence-electron chi connectivity index (χ1n) is 8.79. The van der Waals surface area contributed by atoms with E-state index in [1.165, 1.54) is 0 Å². The molecule has 24 heavy (non-hydrogen) atoms. The third kappa shape index (κ3) is 1.25. The van der Waals surface area contributed by atoms with E-state index in [0.29, 0.717) is 12.3 Å². The Morgan fingerprint density at radius 1 is 1.42 bits per heavy atom. The van der Waals surface area contributed by atoms with Gasteiger partial charge < -0.3 is 14.9 Å². The van der Waals surface area contributed by atoms with Crippen LogP contribution in [0.3, 0.4) is 0 Å². The molecule has 4 fully saturated rings. The van der Waals surface area contributed by atoms with Crippen molar-refractivity contribution >= 4 is 11.9 Å². The zero-order valence-electron chi connectivity index (χ0n) is 13.7. The van der Waals surface area contributed by atoms with E-state index in [4.69, 9.17) is 4.74 Å². The zero-order chi connectivity index (χ0) is 17.1. The van der Waals surface area contributed by atoms with Gasteiger partial charge in [-0.05, 0) is 50.0 Å². The largest absolute Gasteiger partial charge is 0.481 e. The summed E-state index contributed by atoms with van der Waals surface area (Å²) in [5, 5.41) is 20.7. The number of aliphatic carboxylic acids is 1. The normalized spacial score (nSPS) is 56.8. The smallest absolute Gasteiger partial charge is 0.316 e. The molecule has 1 heterocycles. The van der Waals surface area contributed by atoms with Crippen molar-refractivity contribution in [1.82, 2.24) is 0 Å². The van der Waals surface area contributed by atoms with Crippen LogP contribution in [0.5, 0.6) is 0 Å². The van der Waals surface area contributed by atoms with Gasteiger partial charge in [0, 0.05) is 11.8 Å². The number of aliphatic hydroxyl groups excluding tert-OH is 1. The van der Waals surface area contributed by atoms with Gasteiger partial charge in [0.25, 0.3) is 0 Å². The molecule has 0 amide bonds. The van der Waals surface area contributed by atoms with Crippen LogP contribution in [0.25, 0.3) is 0 Å². The monoisotopic (exact) mass is 330 g/mol. The van der Waals surface area contributed by atoms with Crippen LogP contribution in [-0.2, 0) is 14.3 Å². The van der Waals surface area contributed by atoms with Gasteiger partial charge in [0.05, 0.1) is 12.0 Å². The average Bonchev–Trinajstić information content (AvgIpc) is 2.98. The summed E-state index contributed by atoms with van der Waals surface area (Å²) in [4.78, 5) is 25.0. The van der Waals surface area contributed by atoms with E-state index in [-0.39, 0.29) is 5.92 Å². The maximum Gasteiger partial charge on any atom is 0.316 e. The van der Waals surface area contributed by atoms with Crippen molar-refractivity contribution in [2.45, 2.75) is 44.3 Å². The second kappa shape index (κ2) is 3.96. The molecule has 5 aliphatic rings. The van der Waals surface area contributed by atoms with E-state index in [1.54, 1.807) is 13.0 Å². The highest BCUT2D eigenvalue weighted by atomic mass is 16.6. The van der Waals surface area contributed by atoms with E-state index >= 15 is 0 Å². The predicted molar refractivity (Wildman–Crippen MR) is 83.7 cm³/mol. The highest BCUT2D eigenvalue weighted by Crippen LogP contribution is 2.76. The SMILES string of the molecule is C=C1C[C@@]23C[C@@H]1CCC2[C@]12C=C[C@@H](O)[C@@](C)(C(=O)O1)C2C3C(=O)O. The van der Waals surface area contributed by atoms with Gasteiger partial charge in [-0.1, -0.05) is 18.2 Å². The van der Waals surface area contributed by atoms with E-state index in [9.17, 15) is 19.8 Å². The third-order valence-corrected chi connectivity index (χ3v) is 8.02. The topological polar surface area (TPSA) is 83.8 Å². The molecule has 1 aliphatic heterocycles. The fourth-order valence-corrected chi connectivity index (χ4v) is 7.14. The lowest BCUT2D eigenvalue weighted by Gasteiger charge is -2.42. The molecule has 0 aromatic carbocycles. The van der Waals surface area contributed by atoms with Crippen LogP contribution in [0.4, 0.5) is 0 Å². The number of rotatable bonds is 1. The Bertz CT molecular complexity index is 725. The van der Waals surface area contributed by atoms with Gasteiger partial charge in [-0.15, -0.1) is 0 Å². The summed E-state index contributed by atoms with van der Waals surface area (Å²) in [6.07, 6.45) is 5.83. The minimum Gasteiger partial charge on any atom is -0.481 e. The Kier molecular flexibility index (Phi) is 2.42. The van der Waals surface area contributed by atoms with E-state index in [1.807, 2.05) is 6.08 Å². The molecule has 3 unspecified atom stereocenters. The summed E-state index contributed by atoms with van der Waals surface area (Å²) in [6, 6.07) is 0. The molecule has 5 rings (SSSR count). The highest BCUT2D eigenvalue weighted by Gasteiger charge is 2.82. The number of esters is 1. The molecule has 5 heteroatoms. The quantitative estimate of drug-likeness (QED) is 0.567. The lowest BCUT2D eigenvalue weighted by molar-refractivity contribution is -0.161. The maximum absolute atomic E-state index is 12.7. The number of aliphatic hydroxyl groups is 1. The Labute approximate surface area is 140 Å². The van der Waals surface area contributed by atoms with Crippen molar-refractivity contribution in [2.75, 3.05) is 0 Å². The maximum atomic E-state index is 12.7. The lowest BCUT2D eigenvalue weighted by Crippen LogP contribution is -2.50.